The molecule has 0 heterocycles. The van der Waals surface area contributed by atoms with E-state index < -0.39 is 34.1 Å². The lowest BCUT2D eigenvalue weighted by atomic mass is 10.1. The van der Waals surface area contributed by atoms with E-state index in [1.807, 2.05) is 65.0 Å². The molecule has 0 spiro atoms. The number of nitrogens with zero attached hydrogens (tertiary/aromatic N) is 2. The summed E-state index contributed by atoms with van der Waals surface area (Å²) in [4.78, 5) is 28.5. The number of sulfonamides is 1. The molecular weight excluding hydrogens is 534 g/mol. The molecule has 7 nitrogen and oxygen atoms in total. The van der Waals surface area contributed by atoms with E-state index in [2.05, 4.69) is 5.32 Å². The van der Waals surface area contributed by atoms with Gasteiger partial charge in [0.1, 0.15) is 12.6 Å². The molecule has 208 valence electrons. The Kier molecular flexibility index (Phi) is 9.46. The minimum atomic E-state index is -4.15. The van der Waals surface area contributed by atoms with Crippen molar-refractivity contribution in [2.75, 3.05) is 10.8 Å². The van der Waals surface area contributed by atoms with Gasteiger partial charge in [-0.15, -0.1) is 0 Å². The number of rotatable bonds is 9. The number of halogens is 1. The van der Waals surface area contributed by atoms with Crippen LogP contribution in [-0.4, -0.2) is 43.3 Å². The zero-order valence-electron chi connectivity index (χ0n) is 23.2. The Morgan fingerprint density at radius 3 is 2.13 bits per heavy atom. The first-order valence-corrected chi connectivity index (χ1v) is 14.5. The second kappa shape index (κ2) is 12.2. The van der Waals surface area contributed by atoms with E-state index in [9.17, 15) is 18.0 Å². The highest BCUT2D eigenvalue weighted by Crippen LogP contribution is 2.29. The SMILES string of the molecule is Cc1ccc(S(=O)(=O)N(CC(=O)N(Cc2ccccc2)C(C)C(=O)NC(C)(C)C)c2ccc(C)c(Cl)c2)cc1. The first kappa shape index (κ1) is 30.2. The monoisotopic (exact) mass is 569 g/mol. The van der Waals surface area contributed by atoms with Crippen LogP contribution in [0.25, 0.3) is 0 Å². The van der Waals surface area contributed by atoms with Crippen LogP contribution in [0.5, 0.6) is 0 Å². The molecule has 0 radical (unpaired) electrons. The third-order valence-electron chi connectivity index (χ3n) is 6.19. The fourth-order valence-electron chi connectivity index (χ4n) is 3.94. The largest absolute Gasteiger partial charge is 0.350 e. The van der Waals surface area contributed by atoms with Crippen LogP contribution in [0.1, 0.15) is 44.4 Å². The topological polar surface area (TPSA) is 86.8 Å². The molecule has 39 heavy (non-hydrogen) atoms. The first-order valence-electron chi connectivity index (χ1n) is 12.7. The van der Waals surface area contributed by atoms with Crippen LogP contribution in [0.4, 0.5) is 5.69 Å². The van der Waals surface area contributed by atoms with Crippen molar-refractivity contribution in [2.45, 2.75) is 64.6 Å². The highest BCUT2D eigenvalue weighted by atomic mass is 35.5. The van der Waals surface area contributed by atoms with Crippen LogP contribution in [0.3, 0.4) is 0 Å². The van der Waals surface area contributed by atoms with E-state index >= 15 is 0 Å². The molecule has 3 aromatic rings. The number of benzene rings is 3. The third kappa shape index (κ3) is 7.83. The molecule has 3 aromatic carbocycles. The fourth-order valence-corrected chi connectivity index (χ4v) is 5.52. The lowest BCUT2D eigenvalue weighted by Gasteiger charge is -2.33. The quantitative estimate of drug-likeness (QED) is 0.369. The molecule has 0 saturated carbocycles. The second-order valence-corrected chi connectivity index (χ2v) is 13.0. The summed E-state index contributed by atoms with van der Waals surface area (Å²) in [6.07, 6.45) is 0. The minimum Gasteiger partial charge on any atom is -0.350 e. The van der Waals surface area contributed by atoms with Gasteiger partial charge in [0.15, 0.2) is 0 Å². The summed E-state index contributed by atoms with van der Waals surface area (Å²) in [6, 6.07) is 19.7. The van der Waals surface area contributed by atoms with E-state index in [4.69, 9.17) is 11.6 Å². The van der Waals surface area contributed by atoms with Crippen molar-refractivity contribution in [2.24, 2.45) is 0 Å². The highest BCUT2D eigenvalue weighted by molar-refractivity contribution is 7.92. The number of nitrogens with one attached hydrogen (secondary N) is 1. The van der Waals surface area contributed by atoms with Gasteiger partial charge in [-0.1, -0.05) is 65.7 Å². The summed E-state index contributed by atoms with van der Waals surface area (Å²) in [7, 11) is -4.15. The normalized spacial score (nSPS) is 12.5. The maximum atomic E-state index is 13.9. The van der Waals surface area contributed by atoms with Gasteiger partial charge in [-0.2, -0.15) is 0 Å². The Morgan fingerprint density at radius 2 is 1.56 bits per heavy atom. The highest BCUT2D eigenvalue weighted by Gasteiger charge is 2.33. The molecule has 0 fully saturated rings. The lowest BCUT2D eigenvalue weighted by Crippen LogP contribution is -2.54. The summed E-state index contributed by atoms with van der Waals surface area (Å²) in [5, 5.41) is 3.30. The van der Waals surface area contributed by atoms with Gasteiger partial charge in [-0.3, -0.25) is 13.9 Å². The van der Waals surface area contributed by atoms with Crippen LogP contribution < -0.4 is 9.62 Å². The number of carbonyl (C=O) groups is 2. The van der Waals surface area contributed by atoms with Crippen molar-refractivity contribution in [3.63, 3.8) is 0 Å². The molecule has 1 unspecified atom stereocenters. The van der Waals surface area contributed by atoms with Gasteiger partial charge in [0, 0.05) is 17.1 Å². The number of carbonyl (C=O) groups excluding carboxylic acids is 2. The van der Waals surface area contributed by atoms with Gasteiger partial charge in [-0.05, 0) is 76.9 Å². The minimum absolute atomic E-state index is 0.0470. The molecule has 2 amide bonds. The van der Waals surface area contributed by atoms with Gasteiger partial charge in [0.05, 0.1) is 10.6 Å². The predicted molar refractivity (Wildman–Crippen MR) is 156 cm³/mol. The molecule has 9 heteroatoms. The predicted octanol–water partition coefficient (Wildman–Crippen LogP) is 5.48. The van der Waals surface area contributed by atoms with Crippen LogP contribution in [-0.2, 0) is 26.2 Å². The Labute approximate surface area is 236 Å². The maximum Gasteiger partial charge on any atom is 0.264 e. The smallest absolute Gasteiger partial charge is 0.264 e. The van der Waals surface area contributed by atoms with E-state index in [-0.39, 0.29) is 23.0 Å². The molecule has 0 saturated heterocycles. The lowest BCUT2D eigenvalue weighted by molar-refractivity contribution is -0.140. The van der Waals surface area contributed by atoms with E-state index in [0.717, 1.165) is 21.0 Å². The number of hydrogen-bond acceptors (Lipinski definition) is 4. The second-order valence-electron chi connectivity index (χ2n) is 10.7. The number of aryl methyl sites for hydroxylation is 2. The average Bonchev–Trinajstić information content (AvgIpc) is 2.86. The molecule has 0 aliphatic rings. The first-order chi connectivity index (χ1) is 18.2. The van der Waals surface area contributed by atoms with Crippen molar-refractivity contribution in [3.05, 3.63) is 94.5 Å². The third-order valence-corrected chi connectivity index (χ3v) is 8.39. The fraction of sp³-hybridized carbons (Fsp3) is 0.333. The Hall–Kier alpha value is -3.36. The van der Waals surface area contributed by atoms with Crippen molar-refractivity contribution >= 4 is 39.1 Å². The van der Waals surface area contributed by atoms with E-state index in [0.29, 0.717) is 5.02 Å². The van der Waals surface area contributed by atoms with Crippen LogP contribution in [0.15, 0.2) is 77.7 Å². The Morgan fingerprint density at radius 1 is 0.949 bits per heavy atom. The molecule has 0 aliphatic heterocycles. The summed E-state index contributed by atoms with van der Waals surface area (Å²) in [5.74, 6) is -0.860. The molecule has 1 atom stereocenters. The van der Waals surface area contributed by atoms with Gasteiger partial charge in [0.2, 0.25) is 11.8 Å². The van der Waals surface area contributed by atoms with Gasteiger partial charge < -0.3 is 10.2 Å². The number of anilines is 1. The maximum absolute atomic E-state index is 13.9. The van der Waals surface area contributed by atoms with Gasteiger partial charge >= 0.3 is 0 Å². The standard InChI is InChI=1S/C30H36ClN3O4S/c1-21-12-16-26(17-13-21)39(37,38)34(25-15-14-22(2)27(31)18-25)20-28(35)33(19-24-10-8-7-9-11-24)23(3)29(36)32-30(4,5)6/h7-18,23H,19-20H2,1-6H3,(H,32,36). The van der Waals surface area contributed by atoms with Crippen molar-refractivity contribution in [1.29, 1.82) is 0 Å². The van der Waals surface area contributed by atoms with Gasteiger partial charge in [-0.25, -0.2) is 8.42 Å². The zero-order chi connectivity index (χ0) is 29.0. The zero-order valence-corrected chi connectivity index (χ0v) is 24.8. The van der Waals surface area contributed by atoms with E-state index in [1.165, 1.54) is 23.1 Å². The van der Waals surface area contributed by atoms with E-state index in [1.54, 1.807) is 31.2 Å². The van der Waals surface area contributed by atoms with Crippen LogP contribution in [0.2, 0.25) is 5.02 Å². The molecule has 0 bridgehead atoms. The summed E-state index contributed by atoms with van der Waals surface area (Å²) >= 11 is 6.36. The molecular formula is C30H36ClN3O4S. The van der Waals surface area contributed by atoms with Crippen LogP contribution in [0, 0.1) is 13.8 Å². The summed E-state index contributed by atoms with van der Waals surface area (Å²) < 4.78 is 28.8. The number of hydrogen-bond donors (Lipinski definition) is 1. The molecule has 0 aromatic heterocycles. The van der Waals surface area contributed by atoms with Crippen molar-refractivity contribution in [1.82, 2.24) is 10.2 Å². The van der Waals surface area contributed by atoms with Crippen LogP contribution >= 0.6 is 11.6 Å². The average molecular weight is 570 g/mol. The van der Waals surface area contributed by atoms with Crippen molar-refractivity contribution in [3.8, 4) is 0 Å². The van der Waals surface area contributed by atoms with Gasteiger partial charge in [0.25, 0.3) is 10.0 Å². The molecule has 0 aliphatic carbocycles. The molecule has 3 rings (SSSR count). The Balaban J connectivity index is 2.05. The molecule has 1 N–H and O–H groups in total. The summed E-state index contributed by atoms with van der Waals surface area (Å²) in [6.45, 7) is 10.5. The van der Waals surface area contributed by atoms with Crippen molar-refractivity contribution < 1.29 is 18.0 Å². The number of amides is 2. The Bertz CT molecular complexity index is 1420. The summed E-state index contributed by atoms with van der Waals surface area (Å²) in [5.41, 5.74) is 2.24.